The molecule has 0 aliphatic carbocycles. The van der Waals surface area contributed by atoms with Crippen LogP contribution < -0.4 is 10.6 Å². The predicted octanol–water partition coefficient (Wildman–Crippen LogP) is 1.91. The Morgan fingerprint density at radius 1 is 1.17 bits per heavy atom. The lowest BCUT2D eigenvalue weighted by Gasteiger charge is -2.33. The second kappa shape index (κ2) is 11.9. The van der Waals surface area contributed by atoms with E-state index in [0.717, 1.165) is 0 Å². The van der Waals surface area contributed by atoms with E-state index in [1.165, 1.54) is 16.4 Å². The lowest BCUT2D eigenvalue weighted by atomic mass is 9.97. The van der Waals surface area contributed by atoms with E-state index in [-0.39, 0.29) is 54.4 Å². The van der Waals surface area contributed by atoms with Crippen molar-refractivity contribution in [2.75, 3.05) is 26.2 Å². The molecule has 0 saturated carbocycles. The van der Waals surface area contributed by atoms with E-state index in [1.54, 1.807) is 36.4 Å². The summed E-state index contributed by atoms with van der Waals surface area (Å²) < 4.78 is 33.2. The Labute approximate surface area is 206 Å². The number of rotatable bonds is 9. The van der Waals surface area contributed by atoms with Crippen LogP contribution in [0.5, 0.6) is 0 Å². The molecule has 2 unspecified atom stereocenters. The highest BCUT2D eigenvalue weighted by Crippen LogP contribution is 2.22. The van der Waals surface area contributed by atoms with E-state index in [9.17, 15) is 23.3 Å². The maximum atomic E-state index is 13.1. The van der Waals surface area contributed by atoms with Gasteiger partial charge in [-0.05, 0) is 30.2 Å². The minimum absolute atomic E-state index is 0.0345. The molecule has 0 radical (unpaired) electrons. The molecule has 1 fully saturated rings. The van der Waals surface area contributed by atoms with Crippen LogP contribution in [0, 0.1) is 17.2 Å². The molecule has 186 valence electrons. The largest absolute Gasteiger partial charge is 0.374 e. The fourth-order valence-corrected chi connectivity index (χ4v) is 5.40. The number of morpholine rings is 1. The quantitative estimate of drug-likeness (QED) is 0.543. The van der Waals surface area contributed by atoms with Gasteiger partial charge < -0.3 is 15.4 Å². The minimum Gasteiger partial charge on any atom is -0.374 e. The third-order valence-corrected chi connectivity index (χ3v) is 7.97. The van der Waals surface area contributed by atoms with Crippen molar-refractivity contribution in [2.24, 2.45) is 5.92 Å². The van der Waals surface area contributed by atoms with Crippen LogP contribution in [0.3, 0.4) is 0 Å². The summed E-state index contributed by atoms with van der Waals surface area (Å²) in [5, 5.41) is 14.9. The van der Waals surface area contributed by atoms with Gasteiger partial charge in [-0.2, -0.15) is 9.57 Å². The summed E-state index contributed by atoms with van der Waals surface area (Å²) in [6.07, 6.45) is 0.108. The summed E-state index contributed by atoms with van der Waals surface area (Å²) in [4.78, 5) is 25.6. The van der Waals surface area contributed by atoms with Gasteiger partial charge in [0.1, 0.15) is 12.1 Å². The highest BCUT2D eigenvalue weighted by molar-refractivity contribution is 7.89. The molecule has 2 aromatic rings. The van der Waals surface area contributed by atoms with Crippen LogP contribution in [0.1, 0.15) is 36.2 Å². The molecule has 2 amide bonds. The Morgan fingerprint density at radius 2 is 1.86 bits per heavy atom. The van der Waals surface area contributed by atoms with Crippen molar-refractivity contribution in [2.45, 2.75) is 37.3 Å². The smallest absolute Gasteiger partial charge is 0.251 e. The molecule has 3 rings (SSSR count). The highest BCUT2D eigenvalue weighted by atomic mass is 32.2. The molecule has 1 saturated heterocycles. The van der Waals surface area contributed by atoms with E-state index >= 15 is 0 Å². The van der Waals surface area contributed by atoms with Crippen LogP contribution in [0.2, 0.25) is 0 Å². The normalized spacial score (nSPS) is 18.1. The van der Waals surface area contributed by atoms with E-state index < -0.39 is 22.2 Å². The first-order chi connectivity index (χ1) is 16.8. The molecule has 2 aromatic carbocycles. The van der Waals surface area contributed by atoms with Crippen molar-refractivity contribution >= 4 is 21.8 Å². The zero-order valence-electron chi connectivity index (χ0n) is 19.8. The number of nitriles is 1. The SMILES string of the molecule is CCC(C)[C@H](NC(=O)c1ccccc1)C(=O)NCC1CN(S(=O)(=O)c2ccccc2C#N)CCO1. The monoisotopic (exact) mass is 498 g/mol. The zero-order chi connectivity index (χ0) is 25.4. The second-order valence-corrected chi connectivity index (χ2v) is 10.3. The fraction of sp³-hybridized carbons (Fsp3) is 0.400. The standard InChI is InChI=1S/C25H30N4O5S/c1-3-18(2)23(28-24(30)19-9-5-4-6-10-19)25(31)27-16-21-17-29(13-14-34-21)35(32,33)22-12-8-7-11-20(22)15-26/h4-12,18,21,23H,3,13-14,16-17H2,1-2H3,(H,27,31)(H,28,30)/t18?,21?,23-/m0/s1. The number of amides is 2. The van der Waals surface area contributed by atoms with E-state index in [0.29, 0.717) is 12.0 Å². The van der Waals surface area contributed by atoms with Crippen LogP contribution >= 0.6 is 0 Å². The van der Waals surface area contributed by atoms with Crippen LogP contribution in [-0.2, 0) is 19.6 Å². The number of carbonyl (C=O) groups is 2. The average molecular weight is 499 g/mol. The molecule has 10 heteroatoms. The topological polar surface area (TPSA) is 129 Å². The summed E-state index contributed by atoms with van der Waals surface area (Å²) in [6.45, 7) is 4.24. The van der Waals surface area contributed by atoms with Gasteiger partial charge in [0.15, 0.2) is 0 Å². The van der Waals surface area contributed by atoms with Gasteiger partial charge in [-0.25, -0.2) is 8.42 Å². The maximum Gasteiger partial charge on any atom is 0.251 e. The third-order valence-electron chi connectivity index (χ3n) is 6.05. The summed E-state index contributed by atoms with van der Waals surface area (Å²) in [7, 11) is -3.90. The first-order valence-electron chi connectivity index (χ1n) is 11.5. The molecule has 2 N–H and O–H groups in total. The number of benzene rings is 2. The number of ether oxygens (including phenoxy) is 1. The second-order valence-electron chi connectivity index (χ2n) is 8.41. The molecule has 1 heterocycles. The fourth-order valence-electron chi connectivity index (χ4n) is 3.80. The van der Waals surface area contributed by atoms with Gasteiger partial charge in [0.05, 0.1) is 23.2 Å². The van der Waals surface area contributed by atoms with E-state index in [4.69, 9.17) is 4.74 Å². The summed E-state index contributed by atoms with van der Waals surface area (Å²) in [5.74, 6) is -0.815. The maximum absolute atomic E-state index is 13.1. The number of sulfonamides is 1. The number of hydrogen-bond donors (Lipinski definition) is 2. The molecule has 35 heavy (non-hydrogen) atoms. The van der Waals surface area contributed by atoms with Crippen LogP contribution in [-0.4, -0.2) is 62.9 Å². The van der Waals surface area contributed by atoms with Crippen LogP contribution in [0.4, 0.5) is 0 Å². The summed E-state index contributed by atoms with van der Waals surface area (Å²) >= 11 is 0. The van der Waals surface area contributed by atoms with Gasteiger partial charge in [0.2, 0.25) is 15.9 Å². The molecule has 0 bridgehead atoms. The van der Waals surface area contributed by atoms with Gasteiger partial charge in [0.25, 0.3) is 5.91 Å². The molecule has 1 aliphatic heterocycles. The molecule has 0 spiro atoms. The number of nitrogens with zero attached hydrogens (tertiary/aromatic N) is 2. The van der Waals surface area contributed by atoms with E-state index in [2.05, 4.69) is 10.6 Å². The van der Waals surface area contributed by atoms with Gasteiger partial charge >= 0.3 is 0 Å². The number of hydrogen-bond acceptors (Lipinski definition) is 6. The van der Waals surface area contributed by atoms with Crippen molar-refractivity contribution in [3.05, 3.63) is 65.7 Å². The Bertz CT molecular complexity index is 1180. The van der Waals surface area contributed by atoms with Gasteiger partial charge in [-0.1, -0.05) is 50.6 Å². The van der Waals surface area contributed by atoms with Crippen molar-refractivity contribution in [3.63, 3.8) is 0 Å². The Kier molecular flexibility index (Phi) is 8.98. The van der Waals surface area contributed by atoms with Crippen molar-refractivity contribution < 1.29 is 22.7 Å². The molecule has 0 aromatic heterocycles. The Hall–Kier alpha value is -3.26. The minimum atomic E-state index is -3.90. The van der Waals surface area contributed by atoms with Crippen LogP contribution in [0.25, 0.3) is 0 Å². The highest BCUT2D eigenvalue weighted by Gasteiger charge is 2.33. The molecular weight excluding hydrogens is 468 g/mol. The van der Waals surface area contributed by atoms with Gasteiger partial charge in [-0.15, -0.1) is 0 Å². The number of nitrogens with one attached hydrogen (secondary N) is 2. The van der Waals surface area contributed by atoms with Gasteiger partial charge in [0, 0.05) is 25.2 Å². The molecule has 3 atom stereocenters. The van der Waals surface area contributed by atoms with Crippen molar-refractivity contribution in [3.8, 4) is 6.07 Å². The summed E-state index contributed by atoms with van der Waals surface area (Å²) in [6, 6.07) is 15.9. The van der Waals surface area contributed by atoms with Crippen molar-refractivity contribution in [1.29, 1.82) is 5.26 Å². The third kappa shape index (κ3) is 6.45. The average Bonchev–Trinajstić information content (AvgIpc) is 2.90. The molecule has 9 nitrogen and oxygen atoms in total. The molecule has 1 aliphatic rings. The van der Waals surface area contributed by atoms with Crippen LogP contribution in [0.15, 0.2) is 59.5 Å². The predicted molar refractivity (Wildman–Crippen MR) is 130 cm³/mol. The lowest BCUT2D eigenvalue weighted by Crippen LogP contribution is -2.54. The summed E-state index contributed by atoms with van der Waals surface area (Å²) in [5.41, 5.74) is 0.539. The number of carbonyl (C=O) groups excluding carboxylic acids is 2. The van der Waals surface area contributed by atoms with Gasteiger partial charge in [-0.3, -0.25) is 9.59 Å². The first kappa shape index (κ1) is 26.3. The first-order valence-corrected chi connectivity index (χ1v) is 13.0. The Balaban J connectivity index is 1.64. The van der Waals surface area contributed by atoms with E-state index in [1.807, 2.05) is 26.0 Å². The lowest BCUT2D eigenvalue weighted by molar-refractivity contribution is -0.125. The van der Waals surface area contributed by atoms with Crippen molar-refractivity contribution in [1.82, 2.24) is 14.9 Å². The molecular formula is C25H30N4O5S. The zero-order valence-corrected chi connectivity index (χ0v) is 20.6. The Morgan fingerprint density at radius 3 is 2.54 bits per heavy atom.